The van der Waals surface area contributed by atoms with Crippen molar-refractivity contribution in [2.75, 3.05) is 23.3 Å². The SMILES string of the molecule is C[C@@H]1CCNc2ncnc3ccc(nc23)N2CCC[C@@H]2c2cc(F)ccc2O1. The Kier molecular flexibility index (Phi) is 4.22. The summed E-state index contributed by atoms with van der Waals surface area (Å²) in [6.45, 7) is 3.60. The Bertz CT molecular complexity index is 1030. The number of anilines is 2. The summed E-state index contributed by atoms with van der Waals surface area (Å²) in [6.07, 6.45) is 4.29. The molecule has 2 aliphatic heterocycles. The highest BCUT2D eigenvalue weighted by molar-refractivity contribution is 5.86. The number of pyridine rings is 1. The van der Waals surface area contributed by atoms with Crippen molar-refractivity contribution >= 4 is 22.7 Å². The molecule has 2 aromatic heterocycles. The lowest BCUT2D eigenvalue weighted by Gasteiger charge is -2.28. The highest BCUT2D eigenvalue weighted by Gasteiger charge is 2.30. The van der Waals surface area contributed by atoms with E-state index >= 15 is 0 Å². The lowest BCUT2D eigenvalue weighted by Crippen LogP contribution is -2.24. The molecule has 5 rings (SSSR count). The van der Waals surface area contributed by atoms with Crippen LogP contribution in [0.4, 0.5) is 16.0 Å². The molecule has 1 N–H and O–H groups in total. The van der Waals surface area contributed by atoms with E-state index in [9.17, 15) is 4.39 Å². The van der Waals surface area contributed by atoms with Crippen LogP contribution in [-0.4, -0.2) is 34.1 Å². The Morgan fingerprint density at radius 2 is 2.11 bits per heavy atom. The molecule has 28 heavy (non-hydrogen) atoms. The van der Waals surface area contributed by atoms with Crippen LogP contribution in [0.5, 0.6) is 5.75 Å². The van der Waals surface area contributed by atoms with Gasteiger partial charge in [-0.2, -0.15) is 0 Å². The van der Waals surface area contributed by atoms with Crippen LogP contribution in [0.15, 0.2) is 36.7 Å². The molecule has 0 radical (unpaired) electrons. The number of aromatic nitrogens is 3. The van der Waals surface area contributed by atoms with Gasteiger partial charge in [0.15, 0.2) is 5.82 Å². The molecule has 1 fully saturated rings. The molecule has 1 aromatic carbocycles. The van der Waals surface area contributed by atoms with Crippen LogP contribution in [0, 0.1) is 5.82 Å². The minimum atomic E-state index is -0.241. The Balaban J connectivity index is 1.67. The lowest BCUT2D eigenvalue weighted by atomic mass is 10.0. The molecule has 0 unspecified atom stereocenters. The summed E-state index contributed by atoms with van der Waals surface area (Å²) >= 11 is 0. The first-order chi connectivity index (χ1) is 13.7. The highest BCUT2D eigenvalue weighted by Crippen LogP contribution is 2.40. The third-order valence-corrected chi connectivity index (χ3v) is 5.52. The first-order valence-electron chi connectivity index (χ1n) is 9.77. The minimum Gasteiger partial charge on any atom is -0.490 e. The van der Waals surface area contributed by atoms with Crippen molar-refractivity contribution in [1.29, 1.82) is 0 Å². The van der Waals surface area contributed by atoms with Gasteiger partial charge in [-0.3, -0.25) is 0 Å². The van der Waals surface area contributed by atoms with Gasteiger partial charge in [0.25, 0.3) is 0 Å². The Morgan fingerprint density at radius 1 is 1.18 bits per heavy atom. The normalized spacial score (nSPS) is 21.7. The topological polar surface area (TPSA) is 63.2 Å². The molecule has 7 heteroatoms. The van der Waals surface area contributed by atoms with Crippen molar-refractivity contribution in [3.8, 4) is 5.75 Å². The molecule has 6 nitrogen and oxygen atoms in total. The van der Waals surface area contributed by atoms with Gasteiger partial charge >= 0.3 is 0 Å². The molecule has 2 aliphatic rings. The molecule has 0 saturated carbocycles. The van der Waals surface area contributed by atoms with E-state index in [-0.39, 0.29) is 18.0 Å². The number of ether oxygens (including phenoxy) is 1. The molecule has 2 atom stereocenters. The molecule has 0 amide bonds. The number of nitrogens with zero attached hydrogens (tertiary/aromatic N) is 4. The molecule has 1 saturated heterocycles. The van der Waals surface area contributed by atoms with Crippen LogP contribution in [0.3, 0.4) is 0 Å². The van der Waals surface area contributed by atoms with Gasteiger partial charge in [-0.05, 0) is 50.1 Å². The van der Waals surface area contributed by atoms with Gasteiger partial charge in [0.1, 0.15) is 29.2 Å². The summed E-state index contributed by atoms with van der Waals surface area (Å²) in [6, 6.07) is 8.83. The quantitative estimate of drug-likeness (QED) is 0.635. The van der Waals surface area contributed by atoms with E-state index in [0.717, 1.165) is 59.8 Å². The fourth-order valence-electron chi connectivity index (χ4n) is 4.14. The summed E-state index contributed by atoms with van der Waals surface area (Å²) in [7, 11) is 0. The number of nitrogens with one attached hydrogen (secondary N) is 1. The van der Waals surface area contributed by atoms with E-state index in [1.807, 2.05) is 19.1 Å². The van der Waals surface area contributed by atoms with Crippen molar-refractivity contribution in [2.45, 2.75) is 38.3 Å². The largest absolute Gasteiger partial charge is 0.490 e. The molecule has 3 aromatic rings. The minimum absolute atomic E-state index is 0.0132. The zero-order valence-electron chi connectivity index (χ0n) is 15.7. The molecular weight excluding hydrogens is 357 g/mol. The molecular formula is C21H22FN5O. The van der Waals surface area contributed by atoms with E-state index in [4.69, 9.17) is 9.72 Å². The number of benzene rings is 1. The molecule has 4 heterocycles. The zero-order valence-corrected chi connectivity index (χ0v) is 15.7. The number of fused-ring (bicyclic) bond motifs is 5. The standard InChI is InChI=1S/C21H22FN5O/c1-13-8-9-23-21-20-16(24-12-25-21)5-7-19(26-20)27-10-2-3-17(27)15-11-14(22)4-6-18(15)28-13/h4-7,11-13,17H,2-3,8-10H2,1H3,(H,23,24,25)/t13-,17-/m1/s1. The second kappa shape index (κ2) is 6.89. The van der Waals surface area contributed by atoms with Crippen LogP contribution < -0.4 is 15.0 Å². The summed E-state index contributed by atoms with van der Waals surface area (Å²) in [5, 5.41) is 3.37. The van der Waals surface area contributed by atoms with Crippen LogP contribution in [0.25, 0.3) is 11.0 Å². The predicted octanol–water partition coefficient (Wildman–Crippen LogP) is 4.09. The Labute approximate surface area is 162 Å². The average molecular weight is 379 g/mol. The van der Waals surface area contributed by atoms with E-state index in [0.29, 0.717) is 6.54 Å². The zero-order chi connectivity index (χ0) is 19.1. The first kappa shape index (κ1) is 17.2. The smallest absolute Gasteiger partial charge is 0.156 e. The van der Waals surface area contributed by atoms with Crippen molar-refractivity contribution in [2.24, 2.45) is 0 Å². The van der Waals surface area contributed by atoms with Gasteiger partial charge in [-0.1, -0.05) is 0 Å². The number of hydrogen-bond acceptors (Lipinski definition) is 6. The average Bonchev–Trinajstić information content (AvgIpc) is 3.18. The fourth-order valence-corrected chi connectivity index (χ4v) is 4.14. The molecule has 0 aliphatic carbocycles. The van der Waals surface area contributed by atoms with Gasteiger partial charge in [0.2, 0.25) is 0 Å². The highest BCUT2D eigenvalue weighted by atomic mass is 19.1. The summed E-state index contributed by atoms with van der Waals surface area (Å²) < 4.78 is 20.3. The predicted molar refractivity (Wildman–Crippen MR) is 106 cm³/mol. The maximum Gasteiger partial charge on any atom is 0.156 e. The molecule has 0 spiro atoms. The van der Waals surface area contributed by atoms with Crippen molar-refractivity contribution in [1.82, 2.24) is 15.0 Å². The van der Waals surface area contributed by atoms with E-state index in [2.05, 4.69) is 20.2 Å². The Morgan fingerprint density at radius 3 is 3.04 bits per heavy atom. The second-order valence-electron chi connectivity index (χ2n) is 7.44. The van der Waals surface area contributed by atoms with Gasteiger partial charge < -0.3 is 15.0 Å². The Hall–Kier alpha value is -2.96. The number of halogens is 1. The summed E-state index contributed by atoms with van der Waals surface area (Å²) in [5.74, 6) is 2.10. The van der Waals surface area contributed by atoms with Crippen molar-refractivity contribution in [3.05, 3.63) is 48.0 Å². The van der Waals surface area contributed by atoms with E-state index in [1.54, 1.807) is 18.5 Å². The summed E-state index contributed by atoms with van der Waals surface area (Å²) in [4.78, 5) is 15.9. The summed E-state index contributed by atoms with van der Waals surface area (Å²) in [5.41, 5.74) is 2.46. The van der Waals surface area contributed by atoms with Gasteiger partial charge in [-0.25, -0.2) is 19.3 Å². The third-order valence-electron chi connectivity index (χ3n) is 5.52. The number of hydrogen-bond donors (Lipinski definition) is 1. The monoisotopic (exact) mass is 379 g/mol. The maximum atomic E-state index is 14.1. The van der Waals surface area contributed by atoms with E-state index < -0.39 is 0 Å². The van der Waals surface area contributed by atoms with Crippen LogP contribution in [0.2, 0.25) is 0 Å². The first-order valence-corrected chi connectivity index (χ1v) is 9.77. The van der Waals surface area contributed by atoms with E-state index in [1.165, 1.54) is 6.07 Å². The van der Waals surface area contributed by atoms with Gasteiger partial charge in [-0.15, -0.1) is 0 Å². The van der Waals surface area contributed by atoms with Gasteiger partial charge in [0, 0.05) is 25.1 Å². The fraction of sp³-hybridized carbons (Fsp3) is 0.381. The second-order valence-corrected chi connectivity index (χ2v) is 7.44. The van der Waals surface area contributed by atoms with Crippen LogP contribution in [0.1, 0.15) is 37.8 Å². The van der Waals surface area contributed by atoms with Crippen LogP contribution >= 0.6 is 0 Å². The maximum absolute atomic E-state index is 14.1. The number of rotatable bonds is 0. The van der Waals surface area contributed by atoms with Crippen molar-refractivity contribution in [3.63, 3.8) is 0 Å². The van der Waals surface area contributed by atoms with Crippen LogP contribution in [-0.2, 0) is 0 Å². The third kappa shape index (κ3) is 3.00. The molecule has 2 bridgehead atoms. The van der Waals surface area contributed by atoms with Gasteiger partial charge in [0.05, 0.1) is 17.7 Å². The van der Waals surface area contributed by atoms with Crippen molar-refractivity contribution < 1.29 is 9.13 Å². The molecule has 144 valence electrons. The lowest BCUT2D eigenvalue weighted by molar-refractivity contribution is 0.212.